The second kappa shape index (κ2) is 8.55. The zero-order valence-electron chi connectivity index (χ0n) is 16.1. The number of rotatable bonds is 6. The number of sulfonamides is 1. The fourth-order valence-electron chi connectivity index (χ4n) is 2.84. The van der Waals surface area contributed by atoms with Crippen molar-refractivity contribution in [2.24, 2.45) is 0 Å². The lowest BCUT2D eigenvalue weighted by Gasteiger charge is -2.23. The van der Waals surface area contributed by atoms with Gasteiger partial charge in [-0.3, -0.25) is 4.79 Å². The summed E-state index contributed by atoms with van der Waals surface area (Å²) >= 11 is 0. The van der Waals surface area contributed by atoms with Gasteiger partial charge < -0.3 is 4.90 Å². The summed E-state index contributed by atoms with van der Waals surface area (Å²) in [5, 5.41) is 0. The van der Waals surface area contributed by atoms with Gasteiger partial charge in [0, 0.05) is 25.3 Å². The van der Waals surface area contributed by atoms with Gasteiger partial charge in [0.25, 0.3) is 5.91 Å². The van der Waals surface area contributed by atoms with Crippen molar-refractivity contribution < 1.29 is 17.6 Å². The summed E-state index contributed by atoms with van der Waals surface area (Å²) in [5.41, 5.74) is 1.65. The maximum Gasteiger partial charge on any atom is 0.258 e. The van der Waals surface area contributed by atoms with Gasteiger partial charge in [-0.1, -0.05) is 48.5 Å². The number of nitrogens with zero attached hydrogens (tertiary/aromatic N) is 2. The Kier molecular flexibility index (Phi) is 6.10. The number of amides is 1. The highest BCUT2D eigenvalue weighted by atomic mass is 32.2. The van der Waals surface area contributed by atoms with Gasteiger partial charge in [-0.2, -0.15) is 0 Å². The third-order valence-electron chi connectivity index (χ3n) is 4.43. The first-order valence-electron chi connectivity index (χ1n) is 8.93. The number of carbonyl (C=O) groups excluding carboxylic acids is 1. The zero-order valence-corrected chi connectivity index (χ0v) is 16.9. The van der Waals surface area contributed by atoms with Gasteiger partial charge >= 0.3 is 0 Å². The summed E-state index contributed by atoms with van der Waals surface area (Å²) in [7, 11) is -1.40. The molecule has 0 aliphatic heterocycles. The van der Waals surface area contributed by atoms with Crippen LogP contribution >= 0.6 is 0 Å². The molecular formula is C22H21FN2O3S. The number of anilines is 1. The van der Waals surface area contributed by atoms with Crippen molar-refractivity contribution in [3.63, 3.8) is 0 Å². The summed E-state index contributed by atoms with van der Waals surface area (Å²) in [6.45, 7) is 0.289. The Morgan fingerprint density at radius 2 is 1.48 bits per heavy atom. The average Bonchev–Trinajstić information content (AvgIpc) is 2.73. The Morgan fingerprint density at radius 3 is 2.07 bits per heavy atom. The van der Waals surface area contributed by atoms with Crippen LogP contribution in [0, 0.1) is 5.82 Å². The van der Waals surface area contributed by atoms with E-state index < -0.39 is 26.6 Å². The molecule has 0 fully saturated rings. The molecule has 3 aromatic carbocycles. The van der Waals surface area contributed by atoms with E-state index in [9.17, 15) is 17.6 Å². The summed E-state index contributed by atoms with van der Waals surface area (Å²) in [5.74, 6) is -1.32. The van der Waals surface area contributed by atoms with Gasteiger partial charge in [-0.15, -0.1) is 0 Å². The van der Waals surface area contributed by atoms with E-state index in [2.05, 4.69) is 0 Å². The Labute approximate surface area is 170 Å². The highest BCUT2D eigenvalue weighted by Gasteiger charge is 2.25. The quantitative estimate of drug-likeness (QED) is 0.617. The smallest absolute Gasteiger partial charge is 0.258 e. The van der Waals surface area contributed by atoms with E-state index in [-0.39, 0.29) is 12.1 Å². The Morgan fingerprint density at radius 1 is 0.897 bits per heavy atom. The number of hydrogen-bond acceptors (Lipinski definition) is 3. The summed E-state index contributed by atoms with van der Waals surface area (Å²) in [4.78, 5) is 14.3. The number of hydrogen-bond donors (Lipinski definition) is 0. The van der Waals surface area contributed by atoms with Gasteiger partial charge in [0.15, 0.2) is 0 Å². The first kappa shape index (κ1) is 20.7. The fourth-order valence-corrected chi connectivity index (χ4v) is 3.82. The molecule has 0 aliphatic rings. The van der Waals surface area contributed by atoms with E-state index in [1.807, 2.05) is 48.5 Å². The third-order valence-corrected chi connectivity index (χ3v) is 6.26. The zero-order chi connectivity index (χ0) is 21.0. The maximum absolute atomic E-state index is 14.2. The molecule has 7 heteroatoms. The minimum absolute atomic E-state index is 0.0895. The molecule has 0 saturated carbocycles. The highest BCUT2D eigenvalue weighted by Crippen LogP contribution is 2.24. The third kappa shape index (κ3) is 4.52. The van der Waals surface area contributed by atoms with Crippen molar-refractivity contribution in [3.8, 4) is 0 Å². The molecule has 29 heavy (non-hydrogen) atoms. The van der Waals surface area contributed by atoms with E-state index >= 15 is 0 Å². The van der Waals surface area contributed by atoms with Crippen LogP contribution in [0.2, 0.25) is 0 Å². The molecule has 0 heterocycles. The first-order valence-corrected chi connectivity index (χ1v) is 10.4. The lowest BCUT2D eigenvalue weighted by molar-refractivity contribution is 0.0985. The Hall–Kier alpha value is -3.03. The van der Waals surface area contributed by atoms with Crippen LogP contribution in [-0.4, -0.2) is 32.7 Å². The van der Waals surface area contributed by atoms with Crippen LogP contribution in [0.5, 0.6) is 0 Å². The van der Waals surface area contributed by atoms with Gasteiger partial charge in [0.1, 0.15) is 10.7 Å². The molecule has 150 valence electrons. The second-order valence-corrected chi connectivity index (χ2v) is 8.77. The predicted molar refractivity (Wildman–Crippen MR) is 111 cm³/mol. The lowest BCUT2D eigenvalue weighted by Crippen LogP contribution is -2.31. The van der Waals surface area contributed by atoms with Gasteiger partial charge in [0.2, 0.25) is 10.0 Å². The van der Waals surface area contributed by atoms with Crippen molar-refractivity contribution in [1.29, 1.82) is 0 Å². The standard InChI is InChI=1S/C22H21FN2O3S/c1-24(2)29(27,28)21-15-18(13-14-20(21)23)22(26)25(19-11-7-4-8-12-19)16-17-9-5-3-6-10-17/h3-15H,16H2,1-2H3. The Balaban J connectivity index is 2.05. The highest BCUT2D eigenvalue weighted by molar-refractivity contribution is 7.89. The molecule has 0 spiro atoms. The summed E-state index contributed by atoms with van der Waals surface area (Å²) in [6, 6.07) is 21.9. The monoisotopic (exact) mass is 412 g/mol. The molecule has 0 aromatic heterocycles. The summed E-state index contributed by atoms with van der Waals surface area (Å²) in [6.07, 6.45) is 0. The van der Waals surface area contributed by atoms with Crippen LogP contribution in [0.15, 0.2) is 83.8 Å². The van der Waals surface area contributed by atoms with Crippen molar-refractivity contribution in [3.05, 3.63) is 95.8 Å². The van der Waals surface area contributed by atoms with Crippen molar-refractivity contribution >= 4 is 21.6 Å². The summed E-state index contributed by atoms with van der Waals surface area (Å²) < 4.78 is 40.0. The average molecular weight is 412 g/mol. The number of halogens is 1. The largest absolute Gasteiger partial charge is 0.304 e. The number of para-hydroxylation sites is 1. The second-order valence-electron chi connectivity index (χ2n) is 6.65. The molecule has 3 rings (SSSR count). The van der Waals surface area contributed by atoms with Crippen LogP contribution < -0.4 is 4.90 Å². The van der Waals surface area contributed by atoms with E-state index in [1.165, 1.54) is 25.1 Å². The van der Waals surface area contributed by atoms with E-state index in [0.29, 0.717) is 5.69 Å². The molecule has 0 radical (unpaired) electrons. The van der Waals surface area contributed by atoms with Crippen molar-refractivity contribution in [1.82, 2.24) is 4.31 Å². The molecule has 1 amide bonds. The van der Waals surface area contributed by atoms with Gasteiger partial charge in [-0.25, -0.2) is 17.1 Å². The van der Waals surface area contributed by atoms with Crippen LogP contribution in [0.1, 0.15) is 15.9 Å². The molecule has 5 nitrogen and oxygen atoms in total. The van der Waals surface area contributed by atoms with Crippen LogP contribution in [0.3, 0.4) is 0 Å². The molecule has 0 bridgehead atoms. The molecular weight excluding hydrogens is 391 g/mol. The predicted octanol–water partition coefficient (Wildman–Crippen LogP) is 3.92. The van der Waals surface area contributed by atoms with E-state index in [4.69, 9.17) is 0 Å². The van der Waals surface area contributed by atoms with Crippen LogP contribution in [0.4, 0.5) is 10.1 Å². The van der Waals surface area contributed by atoms with Crippen molar-refractivity contribution in [2.75, 3.05) is 19.0 Å². The fraction of sp³-hybridized carbons (Fsp3) is 0.136. The normalized spacial score (nSPS) is 11.4. The topological polar surface area (TPSA) is 57.7 Å². The number of benzene rings is 3. The lowest BCUT2D eigenvalue weighted by atomic mass is 10.1. The SMILES string of the molecule is CN(C)S(=O)(=O)c1cc(C(=O)N(Cc2ccccc2)c2ccccc2)ccc1F. The van der Waals surface area contributed by atoms with E-state index in [0.717, 1.165) is 22.0 Å². The Bertz CT molecular complexity index is 1100. The molecule has 0 saturated heterocycles. The van der Waals surface area contributed by atoms with Gasteiger partial charge in [0.05, 0.1) is 6.54 Å². The number of carbonyl (C=O) groups is 1. The molecule has 0 aliphatic carbocycles. The van der Waals surface area contributed by atoms with Gasteiger partial charge in [-0.05, 0) is 35.9 Å². The van der Waals surface area contributed by atoms with E-state index in [1.54, 1.807) is 12.1 Å². The van der Waals surface area contributed by atoms with Crippen molar-refractivity contribution in [2.45, 2.75) is 11.4 Å². The maximum atomic E-state index is 14.2. The van der Waals surface area contributed by atoms with Crippen LogP contribution in [-0.2, 0) is 16.6 Å². The molecule has 0 N–H and O–H groups in total. The van der Waals surface area contributed by atoms with Crippen LogP contribution in [0.25, 0.3) is 0 Å². The molecule has 0 atom stereocenters. The molecule has 3 aromatic rings. The minimum atomic E-state index is -4.03. The molecule has 0 unspecified atom stereocenters. The minimum Gasteiger partial charge on any atom is -0.304 e. The first-order chi connectivity index (χ1) is 13.8.